The SMILES string of the molecule is C[CH]CC(C)(C)Cl. The minimum atomic E-state index is -0.0330. The Morgan fingerprint density at radius 1 is 1.57 bits per heavy atom. The van der Waals surface area contributed by atoms with Crippen molar-refractivity contribution < 1.29 is 0 Å². The molecule has 0 unspecified atom stereocenters. The third-order valence-corrected chi connectivity index (χ3v) is 0.844. The van der Waals surface area contributed by atoms with E-state index in [1.807, 2.05) is 20.8 Å². The van der Waals surface area contributed by atoms with Crippen molar-refractivity contribution in [3.8, 4) is 0 Å². The fourth-order valence-corrected chi connectivity index (χ4v) is 0.640. The molecule has 1 radical (unpaired) electrons. The summed E-state index contributed by atoms with van der Waals surface area (Å²) in [4.78, 5) is -0.0330. The quantitative estimate of drug-likeness (QED) is 0.491. The van der Waals surface area contributed by atoms with Gasteiger partial charge < -0.3 is 0 Å². The number of rotatable bonds is 2. The maximum Gasteiger partial charge on any atom is 0.0393 e. The van der Waals surface area contributed by atoms with Gasteiger partial charge in [0.15, 0.2) is 0 Å². The molecule has 0 N–H and O–H groups in total. The number of hydrogen-bond donors (Lipinski definition) is 0. The summed E-state index contributed by atoms with van der Waals surface area (Å²) in [5, 5.41) is 0. The Morgan fingerprint density at radius 3 is 2.00 bits per heavy atom. The van der Waals surface area contributed by atoms with Gasteiger partial charge in [0.1, 0.15) is 0 Å². The lowest BCUT2D eigenvalue weighted by Crippen LogP contribution is -2.08. The van der Waals surface area contributed by atoms with Crippen LogP contribution >= 0.6 is 11.6 Å². The van der Waals surface area contributed by atoms with Gasteiger partial charge in [-0.2, -0.15) is 0 Å². The second kappa shape index (κ2) is 2.56. The number of alkyl halides is 1. The molecule has 0 nitrogen and oxygen atoms in total. The van der Waals surface area contributed by atoms with E-state index in [0.29, 0.717) is 0 Å². The molecule has 0 aliphatic heterocycles. The van der Waals surface area contributed by atoms with Crippen LogP contribution in [0.4, 0.5) is 0 Å². The highest BCUT2D eigenvalue weighted by atomic mass is 35.5. The van der Waals surface area contributed by atoms with Crippen molar-refractivity contribution in [2.75, 3.05) is 0 Å². The molecule has 0 saturated heterocycles. The van der Waals surface area contributed by atoms with Crippen molar-refractivity contribution in [3.05, 3.63) is 6.42 Å². The van der Waals surface area contributed by atoms with E-state index >= 15 is 0 Å². The van der Waals surface area contributed by atoms with Crippen molar-refractivity contribution in [3.63, 3.8) is 0 Å². The van der Waals surface area contributed by atoms with Crippen molar-refractivity contribution in [2.24, 2.45) is 0 Å². The monoisotopic (exact) mass is 119 g/mol. The first-order valence-corrected chi connectivity index (χ1v) is 2.91. The molecule has 0 aliphatic rings. The molecule has 1 heteroatoms. The first kappa shape index (κ1) is 7.29. The fraction of sp³-hybridized carbons (Fsp3) is 0.833. The van der Waals surface area contributed by atoms with Crippen molar-refractivity contribution >= 4 is 11.6 Å². The van der Waals surface area contributed by atoms with Crippen molar-refractivity contribution in [2.45, 2.75) is 32.1 Å². The van der Waals surface area contributed by atoms with Gasteiger partial charge in [-0.1, -0.05) is 6.92 Å². The standard InChI is InChI=1S/C6H12Cl/c1-4-5-6(2,3)7/h4H,5H2,1-3H3. The molecule has 43 valence electrons. The second-order valence-electron chi connectivity index (χ2n) is 2.33. The van der Waals surface area contributed by atoms with E-state index in [-0.39, 0.29) is 4.87 Å². The Hall–Kier alpha value is 0.290. The third-order valence-electron chi connectivity index (χ3n) is 0.690. The van der Waals surface area contributed by atoms with E-state index in [4.69, 9.17) is 11.6 Å². The lowest BCUT2D eigenvalue weighted by Gasteiger charge is -2.11. The second-order valence-corrected chi connectivity index (χ2v) is 3.35. The molecular formula is C6H12Cl. The Labute approximate surface area is 50.9 Å². The first-order chi connectivity index (χ1) is 3.06. The van der Waals surface area contributed by atoms with E-state index < -0.39 is 0 Å². The first-order valence-electron chi connectivity index (χ1n) is 2.53. The van der Waals surface area contributed by atoms with Crippen LogP contribution in [-0.4, -0.2) is 4.87 Å². The highest BCUT2D eigenvalue weighted by molar-refractivity contribution is 6.23. The zero-order valence-corrected chi connectivity index (χ0v) is 5.92. The van der Waals surface area contributed by atoms with Crippen LogP contribution in [0.2, 0.25) is 0 Å². The predicted octanol–water partition coefficient (Wildman–Crippen LogP) is 2.62. The van der Waals surface area contributed by atoms with E-state index in [9.17, 15) is 0 Å². The van der Waals surface area contributed by atoms with E-state index in [2.05, 4.69) is 6.42 Å². The lowest BCUT2D eigenvalue weighted by atomic mass is 10.1. The molecule has 0 saturated carbocycles. The average molecular weight is 120 g/mol. The summed E-state index contributed by atoms with van der Waals surface area (Å²) >= 11 is 5.80. The van der Waals surface area contributed by atoms with Gasteiger partial charge in [-0.3, -0.25) is 0 Å². The molecule has 7 heavy (non-hydrogen) atoms. The zero-order valence-electron chi connectivity index (χ0n) is 5.16. The normalized spacial score (nSPS) is 12.0. The summed E-state index contributed by atoms with van der Waals surface area (Å²) in [6, 6.07) is 0. The van der Waals surface area contributed by atoms with E-state index in [1.54, 1.807) is 0 Å². The predicted molar refractivity (Wildman–Crippen MR) is 34.5 cm³/mol. The fourth-order valence-electron chi connectivity index (χ4n) is 0.485. The highest BCUT2D eigenvalue weighted by Crippen LogP contribution is 2.17. The van der Waals surface area contributed by atoms with Crippen molar-refractivity contribution in [1.29, 1.82) is 0 Å². The van der Waals surface area contributed by atoms with Crippen LogP contribution in [0.25, 0.3) is 0 Å². The van der Waals surface area contributed by atoms with Gasteiger partial charge in [0.2, 0.25) is 0 Å². The van der Waals surface area contributed by atoms with Gasteiger partial charge in [0.25, 0.3) is 0 Å². The van der Waals surface area contributed by atoms with Gasteiger partial charge in [-0.05, 0) is 26.7 Å². The van der Waals surface area contributed by atoms with Gasteiger partial charge in [-0.25, -0.2) is 0 Å². The molecule has 0 fully saturated rings. The maximum atomic E-state index is 5.80. The van der Waals surface area contributed by atoms with Crippen molar-refractivity contribution in [1.82, 2.24) is 0 Å². The molecule has 0 atom stereocenters. The number of halogens is 1. The van der Waals surface area contributed by atoms with E-state index in [0.717, 1.165) is 6.42 Å². The lowest BCUT2D eigenvalue weighted by molar-refractivity contribution is 0.684. The third kappa shape index (κ3) is 6.29. The Bertz CT molecular complexity index is 42.6. The molecule has 0 heterocycles. The summed E-state index contributed by atoms with van der Waals surface area (Å²) in [7, 11) is 0. The van der Waals surface area contributed by atoms with Gasteiger partial charge in [0.05, 0.1) is 0 Å². The molecular weight excluding hydrogens is 108 g/mol. The van der Waals surface area contributed by atoms with Gasteiger partial charge >= 0.3 is 0 Å². The molecule has 0 aromatic heterocycles. The van der Waals surface area contributed by atoms with E-state index in [1.165, 1.54) is 0 Å². The van der Waals surface area contributed by atoms with Crippen LogP contribution in [0.1, 0.15) is 27.2 Å². The Morgan fingerprint density at radius 2 is 2.00 bits per heavy atom. The molecule has 0 aromatic carbocycles. The molecule has 0 aromatic rings. The maximum absolute atomic E-state index is 5.80. The highest BCUT2D eigenvalue weighted by Gasteiger charge is 2.09. The summed E-state index contributed by atoms with van der Waals surface area (Å²) in [6.07, 6.45) is 3.06. The minimum absolute atomic E-state index is 0.0330. The molecule has 0 aliphatic carbocycles. The molecule has 0 spiro atoms. The summed E-state index contributed by atoms with van der Waals surface area (Å²) in [6.45, 7) is 6.03. The summed E-state index contributed by atoms with van der Waals surface area (Å²) < 4.78 is 0. The smallest absolute Gasteiger partial charge is 0.0393 e. The topological polar surface area (TPSA) is 0 Å². The van der Waals surface area contributed by atoms with Crippen LogP contribution in [0.3, 0.4) is 0 Å². The largest absolute Gasteiger partial charge is 0.120 e. The summed E-state index contributed by atoms with van der Waals surface area (Å²) in [5.41, 5.74) is 0. The molecule has 0 rings (SSSR count). The molecule has 0 bridgehead atoms. The minimum Gasteiger partial charge on any atom is -0.120 e. The average Bonchev–Trinajstić information content (AvgIpc) is 1.30. The van der Waals surface area contributed by atoms with Crippen LogP contribution in [-0.2, 0) is 0 Å². The summed E-state index contributed by atoms with van der Waals surface area (Å²) in [5.74, 6) is 0. The number of hydrogen-bond acceptors (Lipinski definition) is 0. The zero-order chi connectivity index (χ0) is 5.91. The van der Waals surface area contributed by atoms with Crippen LogP contribution < -0.4 is 0 Å². The Kier molecular flexibility index (Phi) is 2.67. The molecule has 0 amide bonds. The van der Waals surface area contributed by atoms with Gasteiger partial charge in [0, 0.05) is 4.87 Å². The van der Waals surface area contributed by atoms with Crippen LogP contribution in [0.15, 0.2) is 0 Å². The van der Waals surface area contributed by atoms with Crippen LogP contribution in [0, 0.1) is 6.42 Å². The van der Waals surface area contributed by atoms with Gasteiger partial charge in [-0.15, -0.1) is 11.6 Å². The Balaban J connectivity index is 3.15. The van der Waals surface area contributed by atoms with Crippen LogP contribution in [0.5, 0.6) is 0 Å².